The van der Waals surface area contributed by atoms with E-state index in [1.54, 1.807) is 0 Å². The standard InChI is InChI=1S/C14H15N3O/c1-10-12(9-16-14(18)7-4-8-15)11-5-2-3-6-13(11)17-10/h2-3,5-6,17H,4,7,9H2,1H3,(H,16,18). The summed E-state index contributed by atoms with van der Waals surface area (Å²) in [6.07, 6.45) is 0.524. The van der Waals surface area contributed by atoms with E-state index in [4.69, 9.17) is 5.26 Å². The molecule has 1 heterocycles. The summed E-state index contributed by atoms with van der Waals surface area (Å²) in [6, 6.07) is 9.98. The fraction of sp³-hybridized carbons (Fsp3) is 0.286. The normalized spacial score (nSPS) is 10.2. The van der Waals surface area contributed by atoms with E-state index in [0.29, 0.717) is 6.54 Å². The number of hydrogen-bond donors (Lipinski definition) is 2. The van der Waals surface area contributed by atoms with Gasteiger partial charge in [0, 0.05) is 36.0 Å². The number of rotatable bonds is 4. The molecule has 0 bridgehead atoms. The third kappa shape index (κ3) is 2.51. The van der Waals surface area contributed by atoms with E-state index < -0.39 is 0 Å². The van der Waals surface area contributed by atoms with Crippen molar-refractivity contribution < 1.29 is 4.79 Å². The van der Waals surface area contributed by atoms with E-state index in [9.17, 15) is 4.79 Å². The highest BCUT2D eigenvalue weighted by molar-refractivity contribution is 5.85. The number of aryl methyl sites for hydroxylation is 1. The molecule has 0 unspecified atom stereocenters. The first-order valence-corrected chi connectivity index (χ1v) is 5.92. The number of H-pyrrole nitrogens is 1. The van der Waals surface area contributed by atoms with Crippen molar-refractivity contribution in [3.8, 4) is 6.07 Å². The van der Waals surface area contributed by atoms with Crippen molar-refractivity contribution in [3.05, 3.63) is 35.5 Å². The van der Waals surface area contributed by atoms with Gasteiger partial charge in [-0.3, -0.25) is 4.79 Å². The van der Waals surface area contributed by atoms with Crippen LogP contribution in [0.25, 0.3) is 10.9 Å². The Labute approximate surface area is 106 Å². The van der Waals surface area contributed by atoms with Gasteiger partial charge in [-0.25, -0.2) is 0 Å². The fourth-order valence-electron chi connectivity index (χ4n) is 2.01. The highest BCUT2D eigenvalue weighted by Crippen LogP contribution is 2.21. The molecule has 0 fully saturated rings. The summed E-state index contributed by atoms with van der Waals surface area (Å²) in [7, 11) is 0. The van der Waals surface area contributed by atoms with Gasteiger partial charge in [0.15, 0.2) is 0 Å². The molecule has 4 heteroatoms. The number of fused-ring (bicyclic) bond motifs is 1. The minimum Gasteiger partial charge on any atom is -0.358 e. The van der Waals surface area contributed by atoms with E-state index in [2.05, 4.69) is 10.3 Å². The molecule has 92 valence electrons. The molecule has 0 atom stereocenters. The average molecular weight is 241 g/mol. The van der Waals surface area contributed by atoms with Crippen LogP contribution in [0.3, 0.4) is 0 Å². The fourth-order valence-corrected chi connectivity index (χ4v) is 2.01. The molecule has 0 saturated carbocycles. The zero-order valence-electron chi connectivity index (χ0n) is 10.3. The van der Waals surface area contributed by atoms with E-state index in [1.165, 1.54) is 0 Å². The van der Waals surface area contributed by atoms with Crippen LogP contribution in [0.1, 0.15) is 24.1 Å². The Balaban J connectivity index is 2.10. The average Bonchev–Trinajstić information content (AvgIpc) is 2.69. The van der Waals surface area contributed by atoms with Gasteiger partial charge in [0.05, 0.1) is 6.07 Å². The van der Waals surface area contributed by atoms with Crippen molar-refractivity contribution in [3.63, 3.8) is 0 Å². The molecular formula is C14H15N3O. The van der Waals surface area contributed by atoms with Crippen molar-refractivity contribution in [1.82, 2.24) is 10.3 Å². The van der Waals surface area contributed by atoms with E-state index in [1.807, 2.05) is 37.3 Å². The lowest BCUT2D eigenvalue weighted by Crippen LogP contribution is -2.22. The van der Waals surface area contributed by atoms with E-state index >= 15 is 0 Å². The number of carbonyl (C=O) groups excluding carboxylic acids is 1. The first-order chi connectivity index (χ1) is 8.72. The smallest absolute Gasteiger partial charge is 0.221 e. The quantitative estimate of drug-likeness (QED) is 0.863. The van der Waals surface area contributed by atoms with Crippen LogP contribution < -0.4 is 5.32 Å². The van der Waals surface area contributed by atoms with Gasteiger partial charge in [0.25, 0.3) is 0 Å². The van der Waals surface area contributed by atoms with E-state index in [0.717, 1.165) is 22.2 Å². The molecule has 2 N–H and O–H groups in total. The maximum atomic E-state index is 11.5. The summed E-state index contributed by atoms with van der Waals surface area (Å²) in [5.74, 6) is -0.0822. The molecule has 1 amide bonds. The Kier molecular flexibility index (Phi) is 3.63. The third-order valence-corrected chi connectivity index (χ3v) is 2.95. The number of benzene rings is 1. The zero-order valence-corrected chi connectivity index (χ0v) is 10.3. The number of hydrogen-bond acceptors (Lipinski definition) is 2. The van der Waals surface area contributed by atoms with Crippen molar-refractivity contribution in [2.75, 3.05) is 0 Å². The van der Waals surface area contributed by atoms with Gasteiger partial charge < -0.3 is 10.3 Å². The Bertz CT molecular complexity index is 607. The Morgan fingerprint density at radius 2 is 2.22 bits per heavy atom. The number of para-hydroxylation sites is 1. The number of aromatic amines is 1. The van der Waals surface area contributed by atoms with Crippen LogP contribution in [0, 0.1) is 18.3 Å². The van der Waals surface area contributed by atoms with Gasteiger partial charge in [-0.15, -0.1) is 0 Å². The number of nitriles is 1. The first-order valence-electron chi connectivity index (χ1n) is 5.92. The molecule has 2 rings (SSSR count). The molecule has 0 aliphatic rings. The number of carbonyl (C=O) groups is 1. The number of aromatic nitrogens is 1. The lowest BCUT2D eigenvalue weighted by atomic mass is 10.1. The van der Waals surface area contributed by atoms with Gasteiger partial charge in [-0.1, -0.05) is 18.2 Å². The number of nitrogens with one attached hydrogen (secondary N) is 2. The summed E-state index contributed by atoms with van der Waals surface area (Å²) in [6.45, 7) is 2.50. The Morgan fingerprint density at radius 1 is 1.44 bits per heavy atom. The molecule has 0 spiro atoms. The summed E-state index contributed by atoms with van der Waals surface area (Å²) in [5.41, 5.74) is 3.25. The highest BCUT2D eigenvalue weighted by atomic mass is 16.1. The van der Waals surface area contributed by atoms with Gasteiger partial charge in [0.2, 0.25) is 5.91 Å². The van der Waals surface area contributed by atoms with Crippen molar-refractivity contribution >= 4 is 16.8 Å². The minimum atomic E-state index is -0.0822. The van der Waals surface area contributed by atoms with Crippen LogP contribution in [-0.2, 0) is 11.3 Å². The molecule has 18 heavy (non-hydrogen) atoms. The Morgan fingerprint density at radius 3 is 3.00 bits per heavy atom. The Hall–Kier alpha value is -2.28. The molecule has 0 aliphatic carbocycles. The second-order valence-electron chi connectivity index (χ2n) is 4.21. The lowest BCUT2D eigenvalue weighted by molar-refractivity contribution is -0.121. The molecule has 1 aromatic heterocycles. The second-order valence-corrected chi connectivity index (χ2v) is 4.21. The maximum absolute atomic E-state index is 11.5. The zero-order chi connectivity index (χ0) is 13.0. The predicted octanol–water partition coefficient (Wildman–Crippen LogP) is 2.40. The van der Waals surface area contributed by atoms with Crippen LogP contribution >= 0.6 is 0 Å². The minimum absolute atomic E-state index is 0.0822. The number of amides is 1. The highest BCUT2D eigenvalue weighted by Gasteiger charge is 2.08. The predicted molar refractivity (Wildman–Crippen MR) is 69.7 cm³/mol. The van der Waals surface area contributed by atoms with Crippen LogP contribution in [0.15, 0.2) is 24.3 Å². The van der Waals surface area contributed by atoms with E-state index in [-0.39, 0.29) is 18.7 Å². The summed E-state index contributed by atoms with van der Waals surface area (Å²) >= 11 is 0. The summed E-state index contributed by atoms with van der Waals surface area (Å²) < 4.78 is 0. The summed E-state index contributed by atoms with van der Waals surface area (Å²) in [5, 5.41) is 12.4. The lowest BCUT2D eigenvalue weighted by Gasteiger charge is -2.04. The van der Waals surface area contributed by atoms with Gasteiger partial charge >= 0.3 is 0 Å². The SMILES string of the molecule is Cc1[nH]c2ccccc2c1CNC(=O)CCC#N. The van der Waals surface area contributed by atoms with Crippen molar-refractivity contribution in [2.45, 2.75) is 26.3 Å². The summed E-state index contributed by atoms with van der Waals surface area (Å²) in [4.78, 5) is 14.8. The van der Waals surface area contributed by atoms with Crippen LogP contribution in [0.5, 0.6) is 0 Å². The maximum Gasteiger partial charge on any atom is 0.221 e. The third-order valence-electron chi connectivity index (χ3n) is 2.95. The molecule has 0 aliphatic heterocycles. The molecule has 0 saturated heterocycles. The number of nitrogens with zero attached hydrogens (tertiary/aromatic N) is 1. The molecular weight excluding hydrogens is 226 g/mol. The van der Waals surface area contributed by atoms with Gasteiger partial charge in [0.1, 0.15) is 0 Å². The second kappa shape index (κ2) is 5.37. The van der Waals surface area contributed by atoms with Crippen LogP contribution in [0.2, 0.25) is 0 Å². The molecule has 4 nitrogen and oxygen atoms in total. The molecule has 1 aromatic carbocycles. The van der Waals surface area contributed by atoms with Crippen molar-refractivity contribution in [2.24, 2.45) is 0 Å². The van der Waals surface area contributed by atoms with Crippen LogP contribution in [-0.4, -0.2) is 10.9 Å². The first kappa shape index (κ1) is 12.2. The van der Waals surface area contributed by atoms with Crippen LogP contribution in [0.4, 0.5) is 0 Å². The van der Waals surface area contributed by atoms with Gasteiger partial charge in [-0.05, 0) is 18.6 Å². The van der Waals surface area contributed by atoms with Crippen molar-refractivity contribution in [1.29, 1.82) is 5.26 Å². The largest absolute Gasteiger partial charge is 0.358 e. The topological polar surface area (TPSA) is 68.7 Å². The molecule has 0 radical (unpaired) electrons. The molecule has 2 aromatic rings. The monoisotopic (exact) mass is 241 g/mol. The van der Waals surface area contributed by atoms with Gasteiger partial charge in [-0.2, -0.15) is 5.26 Å².